The molecule has 0 bridgehead atoms. The van der Waals surface area contributed by atoms with Gasteiger partial charge < -0.3 is 5.11 Å². The minimum atomic E-state index is -0.966. The first-order valence-corrected chi connectivity index (χ1v) is 6.86. The fraction of sp³-hybridized carbons (Fsp3) is 0.467. The maximum absolute atomic E-state index is 9.75. The Morgan fingerprint density at radius 2 is 1.74 bits per heavy atom. The molecule has 0 amide bonds. The molecule has 0 saturated heterocycles. The Morgan fingerprint density at radius 3 is 2.11 bits per heavy atom. The average Bonchev–Trinajstić information content (AvgIpc) is 2.37. The summed E-state index contributed by atoms with van der Waals surface area (Å²) in [4.78, 5) is 0.751. The number of hydrogen-bond donors (Lipinski definition) is 2. The van der Waals surface area contributed by atoms with Crippen LogP contribution in [-0.4, -0.2) is 15.3 Å². The number of aromatic nitrogens is 2. The van der Waals surface area contributed by atoms with E-state index in [-0.39, 0.29) is 0 Å². The van der Waals surface area contributed by atoms with Gasteiger partial charge >= 0.3 is 0 Å². The van der Waals surface area contributed by atoms with Gasteiger partial charge in [0.2, 0.25) is 0 Å². The summed E-state index contributed by atoms with van der Waals surface area (Å²) in [6.07, 6.45) is 3.85. The number of aliphatic hydroxyl groups is 1. The van der Waals surface area contributed by atoms with Crippen molar-refractivity contribution in [2.24, 2.45) is 0 Å². The van der Waals surface area contributed by atoms with E-state index in [1.807, 2.05) is 39.8 Å². The summed E-state index contributed by atoms with van der Waals surface area (Å²) in [5.41, 5.74) is 1.47. The molecule has 0 aromatic carbocycles. The molecular weight excluding hydrogens is 256 g/mol. The first-order chi connectivity index (χ1) is 8.80. The van der Waals surface area contributed by atoms with Crippen molar-refractivity contribution in [1.29, 1.82) is 0 Å². The van der Waals surface area contributed by atoms with Gasteiger partial charge in [0, 0.05) is 4.91 Å². The average molecular weight is 280 g/mol. The molecular formula is C15H24N2OS. The predicted octanol–water partition coefficient (Wildman–Crippen LogP) is 3.97. The largest absolute Gasteiger partial charge is 0.384 e. The van der Waals surface area contributed by atoms with Crippen LogP contribution in [0.1, 0.15) is 52.9 Å². The maximum Gasteiger partial charge on any atom is 0.103 e. The van der Waals surface area contributed by atoms with Crippen molar-refractivity contribution in [2.45, 2.75) is 47.1 Å². The lowest BCUT2D eigenvalue weighted by atomic mass is 10.1. The van der Waals surface area contributed by atoms with Crippen LogP contribution in [0.2, 0.25) is 0 Å². The summed E-state index contributed by atoms with van der Waals surface area (Å²) in [6, 6.07) is 3.56. The van der Waals surface area contributed by atoms with Crippen molar-refractivity contribution in [3.63, 3.8) is 0 Å². The molecule has 0 fully saturated rings. The summed E-state index contributed by atoms with van der Waals surface area (Å²) in [6.45, 7) is 11.4. The minimum absolute atomic E-state index is 0.546. The monoisotopic (exact) mass is 280 g/mol. The Labute approximate surface area is 121 Å². The van der Waals surface area contributed by atoms with Gasteiger partial charge in [-0.3, -0.25) is 0 Å². The molecule has 19 heavy (non-hydrogen) atoms. The number of rotatable bonds is 3. The number of hydrogen-bond acceptors (Lipinski definition) is 4. The van der Waals surface area contributed by atoms with Crippen LogP contribution in [0.4, 0.5) is 0 Å². The smallest absolute Gasteiger partial charge is 0.103 e. The lowest BCUT2D eigenvalue weighted by molar-refractivity contribution is 0.0728. The first kappa shape index (κ1) is 17.9. The zero-order valence-corrected chi connectivity index (χ0v) is 13.5. The van der Waals surface area contributed by atoms with Gasteiger partial charge in [-0.25, -0.2) is 0 Å². The molecule has 0 radical (unpaired) electrons. The molecule has 1 N–H and O–H groups in total. The fourth-order valence-corrected chi connectivity index (χ4v) is 1.32. The quantitative estimate of drug-likeness (QED) is 0.650. The summed E-state index contributed by atoms with van der Waals surface area (Å²) in [5.74, 6) is 0. The lowest BCUT2D eigenvalue weighted by Crippen LogP contribution is -2.18. The fourth-order valence-electron chi connectivity index (χ4n) is 1.13. The third kappa shape index (κ3) is 6.55. The molecule has 4 heteroatoms. The van der Waals surface area contributed by atoms with Crippen molar-refractivity contribution < 1.29 is 5.11 Å². The van der Waals surface area contributed by atoms with Gasteiger partial charge in [-0.2, -0.15) is 5.10 Å². The van der Waals surface area contributed by atoms with E-state index in [1.54, 1.807) is 26.0 Å². The minimum Gasteiger partial charge on any atom is -0.384 e. The normalized spacial score (nSPS) is 11.5. The molecule has 3 nitrogen and oxygen atoms in total. The molecule has 0 aliphatic carbocycles. The van der Waals surface area contributed by atoms with Crippen molar-refractivity contribution in [3.05, 3.63) is 41.2 Å². The van der Waals surface area contributed by atoms with Gasteiger partial charge in [-0.15, -0.1) is 17.7 Å². The molecule has 0 atom stereocenters. The zero-order valence-electron chi connectivity index (χ0n) is 12.6. The van der Waals surface area contributed by atoms with Crippen LogP contribution >= 0.6 is 12.6 Å². The number of allylic oxidation sites excluding steroid dienone is 3. The van der Waals surface area contributed by atoms with Crippen LogP contribution in [0, 0.1) is 0 Å². The van der Waals surface area contributed by atoms with E-state index in [0.29, 0.717) is 11.4 Å². The van der Waals surface area contributed by atoms with Crippen LogP contribution in [-0.2, 0) is 5.60 Å². The summed E-state index contributed by atoms with van der Waals surface area (Å²) >= 11 is 4.35. The van der Waals surface area contributed by atoms with E-state index >= 15 is 0 Å². The molecule has 0 aliphatic rings. The second kappa shape index (κ2) is 8.12. The molecule has 1 aromatic heterocycles. The van der Waals surface area contributed by atoms with E-state index in [1.165, 1.54) is 5.57 Å². The molecule has 1 rings (SSSR count). The topological polar surface area (TPSA) is 46.0 Å². The highest BCUT2D eigenvalue weighted by Gasteiger charge is 2.18. The van der Waals surface area contributed by atoms with E-state index in [9.17, 15) is 5.11 Å². The molecule has 0 saturated carbocycles. The Balaban J connectivity index is 0.00000154. The van der Waals surface area contributed by atoms with Gasteiger partial charge in [0.05, 0.1) is 11.4 Å². The van der Waals surface area contributed by atoms with Crippen LogP contribution in [0.25, 0.3) is 4.91 Å². The summed E-state index contributed by atoms with van der Waals surface area (Å²) in [7, 11) is 0. The van der Waals surface area contributed by atoms with Gasteiger partial charge in [0.25, 0.3) is 0 Å². The van der Waals surface area contributed by atoms with Crippen LogP contribution < -0.4 is 0 Å². The Hall–Kier alpha value is -1.13. The van der Waals surface area contributed by atoms with Crippen molar-refractivity contribution in [2.75, 3.05) is 0 Å². The molecule has 0 spiro atoms. The highest BCUT2D eigenvalue weighted by atomic mass is 32.1. The molecule has 1 heterocycles. The number of nitrogens with zero attached hydrogens (tertiary/aromatic N) is 2. The first-order valence-electron chi connectivity index (χ1n) is 6.42. The van der Waals surface area contributed by atoms with Crippen molar-refractivity contribution in [1.82, 2.24) is 10.2 Å². The molecule has 1 aromatic rings. The second-order valence-electron chi connectivity index (χ2n) is 4.66. The van der Waals surface area contributed by atoms with Crippen molar-refractivity contribution in [3.8, 4) is 0 Å². The summed E-state index contributed by atoms with van der Waals surface area (Å²) < 4.78 is 0. The number of thiol groups is 1. The van der Waals surface area contributed by atoms with Gasteiger partial charge in [-0.1, -0.05) is 25.5 Å². The third-order valence-electron chi connectivity index (χ3n) is 2.13. The summed E-state index contributed by atoms with van der Waals surface area (Å²) in [5, 5.41) is 17.8. The van der Waals surface area contributed by atoms with E-state index in [4.69, 9.17) is 0 Å². The van der Waals surface area contributed by atoms with Gasteiger partial charge in [0.15, 0.2) is 0 Å². The van der Waals surface area contributed by atoms with E-state index in [2.05, 4.69) is 22.8 Å². The van der Waals surface area contributed by atoms with Gasteiger partial charge in [-0.05, 0) is 45.9 Å². The second-order valence-corrected chi connectivity index (χ2v) is 5.14. The predicted molar refractivity (Wildman–Crippen MR) is 85.0 cm³/mol. The van der Waals surface area contributed by atoms with Crippen LogP contribution in [0.5, 0.6) is 0 Å². The van der Waals surface area contributed by atoms with Gasteiger partial charge in [0.1, 0.15) is 5.60 Å². The Bertz CT molecular complexity index is 438. The molecule has 0 aliphatic heterocycles. The Morgan fingerprint density at radius 1 is 1.16 bits per heavy atom. The molecule has 0 unspecified atom stereocenters. The zero-order chi connectivity index (χ0) is 15.1. The highest BCUT2D eigenvalue weighted by molar-refractivity contribution is 7.90. The SMILES string of the molecule is CC.CC(C)=C/C=C(\S)c1ccc(C(C)(C)O)nn1. The van der Waals surface area contributed by atoms with Crippen LogP contribution in [0.15, 0.2) is 29.9 Å². The molecule has 106 valence electrons. The lowest BCUT2D eigenvalue weighted by Gasteiger charge is -2.15. The highest BCUT2D eigenvalue weighted by Crippen LogP contribution is 2.20. The maximum atomic E-state index is 9.75. The van der Waals surface area contributed by atoms with Crippen LogP contribution in [0.3, 0.4) is 0 Å². The van der Waals surface area contributed by atoms with E-state index in [0.717, 1.165) is 4.91 Å². The van der Waals surface area contributed by atoms with E-state index < -0.39 is 5.60 Å². The standard InChI is InChI=1S/C13H18N2OS.C2H6/c1-9(2)5-7-11(17)10-6-8-12(15-14-10)13(3,4)16;1-2/h5-8,16-17H,1-4H3;1-2H3/b11-7-;. The third-order valence-corrected chi connectivity index (χ3v) is 2.51. The van der Waals surface area contributed by atoms with Crippen molar-refractivity contribution >= 4 is 17.5 Å². The Kier molecular flexibility index (Phi) is 7.64.